The number of aliphatic carboxylic acids is 1. The van der Waals surface area contributed by atoms with Crippen molar-refractivity contribution in [2.75, 3.05) is 13.2 Å². The van der Waals surface area contributed by atoms with E-state index in [-0.39, 0.29) is 12.3 Å². The molecule has 1 atom stereocenters. The van der Waals surface area contributed by atoms with E-state index in [2.05, 4.69) is 0 Å². The largest absolute Gasteiger partial charge is 0.481 e. The lowest BCUT2D eigenvalue weighted by atomic mass is 9.93. The highest BCUT2D eigenvalue weighted by molar-refractivity contribution is 5.67. The summed E-state index contributed by atoms with van der Waals surface area (Å²) in [5.41, 5.74) is 0. The van der Waals surface area contributed by atoms with Gasteiger partial charge in [-0.25, -0.2) is 0 Å². The predicted molar refractivity (Wildman–Crippen MR) is 57.7 cm³/mol. The van der Waals surface area contributed by atoms with Gasteiger partial charge in [-0.05, 0) is 27.2 Å². The van der Waals surface area contributed by atoms with Gasteiger partial charge in [-0.1, -0.05) is 6.92 Å². The molecular weight excluding hydrogens is 196 g/mol. The molecule has 4 heteroatoms. The molecule has 0 bridgehead atoms. The van der Waals surface area contributed by atoms with Crippen LogP contribution < -0.4 is 0 Å². The Kier molecular flexibility index (Phi) is 6.52. The van der Waals surface area contributed by atoms with Gasteiger partial charge in [0.1, 0.15) is 0 Å². The van der Waals surface area contributed by atoms with E-state index in [0.717, 1.165) is 6.42 Å². The van der Waals surface area contributed by atoms with Crippen molar-refractivity contribution in [2.45, 2.75) is 46.3 Å². The summed E-state index contributed by atoms with van der Waals surface area (Å²) < 4.78 is 11.1. The molecule has 90 valence electrons. The van der Waals surface area contributed by atoms with E-state index in [4.69, 9.17) is 14.6 Å². The zero-order valence-corrected chi connectivity index (χ0v) is 10.1. The Hall–Kier alpha value is -0.610. The minimum absolute atomic E-state index is 0.0764. The first-order chi connectivity index (χ1) is 7.00. The van der Waals surface area contributed by atoms with Crippen LogP contribution in [0, 0.1) is 5.92 Å². The van der Waals surface area contributed by atoms with E-state index < -0.39 is 11.8 Å². The predicted octanol–water partition coefficient (Wildman–Crippen LogP) is 2.28. The summed E-state index contributed by atoms with van der Waals surface area (Å²) in [4.78, 5) is 10.7. The molecular formula is C11H22O4. The Morgan fingerprint density at radius 2 is 1.73 bits per heavy atom. The number of hydrogen-bond donors (Lipinski definition) is 1. The quantitative estimate of drug-likeness (QED) is 0.635. The molecule has 0 radical (unpaired) electrons. The summed E-state index contributed by atoms with van der Waals surface area (Å²) >= 11 is 0. The number of carboxylic acids is 1. The third-order valence-corrected chi connectivity index (χ3v) is 2.52. The van der Waals surface area contributed by atoms with E-state index in [0.29, 0.717) is 13.2 Å². The molecule has 0 saturated heterocycles. The summed E-state index contributed by atoms with van der Waals surface area (Å²) in [7, 11) is 0. The normalized spacial score (nSPS) is 13.9. The van der Waals surface area contributed by atoms with Crippen molar-refractivity contribution in [1.29, 1.82) is 0 Å². The van der Waals surface area contributed by atoms with E-state index in [1.165, 1.54) is 0 Å². The Morgan fingerprint density at radius 3 is 2.00 bits per heavy atom. The lowest BCUT2D eigenvalue weighted by Crippen LogP contribution is -2.41. The second-order valence-electron chi connectivity index (χ2n) is 3.59. The third-order valence-electron chi connectivity index (χ3n) is 2.52. The van der Waals surface area contributed by atoms with Crippen LogP contribution in [0.3, 0.4) is 0 Å². The van der Waals surface area contributed by atoms with E-state index in [1.54, 1.807) is 0 Å². The third kappa shape index (κ3) is 4.62. The van der Waals surface area contributed by atoms with Gasteiger partial charge in [-0.2, -0.15) is 0 Å². The minimum Gasteiger partial charge on any atom is -0.481 e. The molecule has 1 unspecified atom stereocenters. The van der Waals surface area contributed by atoms with Crippen LogP contribution in [0.5, 0.6) is 0 Å². The first-order valence-electron chi connectivity index (χ1n) is 5.49. The van der Waals surface area contributed by atoms with Gasteiger partial charge in [-0.15, -0.1) is 0 Å². The summed E-state index contributed by atoms with van der Waals surface area (Å²) in [6.07, 6.45) is 0.801. The number of rotatable bonds is 8. The maximum atomic E-state index is 10.7. The molecule has 0 aliphatic rings. The van der Waals surface area contributed by atoms with Crippen molar-refractivity contribution >= 4 is 5.97 Å². The number of ether oxygens (including phenoxy) is 2. The Labute approximate surface area is 91.6 Å². The second kappa shape index (κ2) is 6.80. The summed E-state index contributed by atoms with van der Waals surface area (Å²) in [6.45, 7) is 8.57. The van der Waals surface area contributed by atoms with Gasteiger partial charge in [0, 0.05) is 19.1 Å². The van der Waals surface area contributed by atoms with Crippen LogP contribution >= 0.6 is 0 Å². The van der Waals surface area contributed by atoms with Gasteiger partial charge in [0.25, 0.3) is 0 Å². The summed E-state index contributed by atoms with van der Waals surface area (Å²) in [6, 6.07) is 0. The van der Waals surface area contributed by atoms with Crippen LogP contribution in [-0.4, -0.2) is 30.1 Å². The Morgan fingerprint density at radius 1 is 1.27 bits per heavy atom. The lowest BCUT2D eigenvalue weighted by molar-refractivity contribution is -0.253. The molecule has 0 amide bonds. The highest BCUT2D eigenvalue weighted by Crippen LogP contribution is 2.29. The van der Waals surface area contributed by atoms with Crippen molar-refractivity contribution in [3.63, 3.8) is 0 Å². The van der Waals surface area contributed by atoms with Crippen LogP contribution in [0.2, 0.25) is 0 Å². The standard InChI is InChI=1S/C11H22O4/c1-5-9(8-10(12)13)11(4,14-6-2)15-7-3/h9H,5-8H2,1-4H3,(H,12,13). The van der Waals surface area contributed by atoms with Crippen LogP contribution in [0.15, 0.2) is 0 Å². The zero-order chi connectivity index (χ0) is 11.9. The van der Waals surface area contributed by atoms with Crippen LogP contribution in [0.25, 0.3) is 0 Å². The van der Waals surface area contributed by atoms with Gasteiger partial charge >= 0.3 is 5.97 Å². The molecule has 0 aromatic rings. The summed E-state index contributed by atoms with van der Waals surface area (Å²) in [5, 5.41) is 8.80. The second-order valence-corrected chi connectivity index (χ2v) is 3.59. The van der Waals surface area contributed by atoms with Gasteiger partial charge in [-0.3, -0.25) is 4.79 Å². The Balaban J connectivity index is 4.59. The molecule has 15 heavy (non-hydrogen) atoms. The molecule has 0 aliphatic heterocycles. The van der Waals surface area contributed by atoms with Crippen molar-refractivity contribution in [3.05, 3.63) is 0 Å². The van der Waals surface area contributed by atoms with Crippen molar-refractivity contribution in [2.24, 2.45) is 5.92 Å². The lowest BCUT2D eigenvalue weighted by Gasteiger charge is -2.35. The van der Waals surface area contributed by atoms with Gasteiger partial charge in [0.15, 0.2) is 5.79 Å². The van der Waals surface area contributed by atoms with Gasteiger partial charge in [0.2, 0.25) is 0 Å². The van der Waals surface area contributed by atoms with E-state index in [9.17, 15) is 4.79 Å². The van der Waals surface area contributed by atoms with Crippen molar-refractivity contribution in [3.8, 4) is 0 Å². The molecule has 0 heterocycles. The maximum absolute atomic E-state index is 10.7. The number of hydrogen-bond acceptors (Lipinski definition) is 3. The molecule has 1 N–H and O–H groups in total. The van der Waals surface area contributed by atoms with Crippen LogP contribution in [0.4, 0.5) is 0 Å². The van der Waals surface area contributed by atoms with Gasteiger partial charge < -0.3 is 14.6 Å². The molecule has 0 saturated carbocycles. The van der Waals surface area contributed by atoms with E-state index in [1.807, 2.05) is 27.7 Å². The molecule has 0 spiro atoms. The topological polar surface area (TPSA) is 55.8 Å². The molecule has 0 aromatic carbocycles. The monoisotopic (exact) mass is 218 g/mol. The fourth-order valence-electron chi connectivity index (χ4n) is 1.76. The van der Waals surface area contributed by atoms with Crippen molar-refractivity contribution < 1.29 is 19.4 Å². The molecule has 0 rings (SSSR count). The molecule has 0 aromatic heterocycles. The highest BCUT2D eigenvalue weighted by atomic mass is 16.7. The minimum atomic E-state index is -0.813. The highest BCUT2D eigenvalue weighted by Gasteiger charge is 2.35. The summed E-state index contributed by atoms with van der Waals surface area (Å²) in [5.74, 6) is -1.71. The molecule has 0 fully saturated rings. The first-order valence-corrected chi connectivity index (χ1v) is 5.49. The van der Waals surface area contributed by atoms with Crippen LogP contribution in [-0.2, 0) is 14.3 Å². The number of carboxylic acid groups (broad SMARTS) is 1. The zero-order valence-electron chi connectivity index (χ0n) is 10.1. The Bertz CT molecular complexity index is 185. The van der Waals surface area contributed by atoms with E-state index >= 15 is 0 Å². The average molecular weight is 218 g/mol. The first kappa shape index (κ1) is 14.4. The fraction of sp³-hybridized carbons (Fsp3) is 0.909. The van der Waals surface area contributed by atoms with Crippen molar-refractivity contribution in [1.82, 2.24) is 0 Å². The average Bonchev–Trinajstić information content (AvgIpc) is 2.14. The van der Waals surface area contributed by atoms with Gasteiger partial charge in [0.05, 0.1) is 6.42 Å². The molecule has 0 aliphatic carbocycles. The van der Waals surface area contributed by atoms with Crippen LogP contribution in [0.1, 0.15) is 40.5 Å². The fourth-order valence-corrected chi connectivity index (χ4v) is 1.76. The SMILES string of the molecule is CCOC(C)(OCC)C(CC)CC(=O)O. The molecule has 4 nitrogen and oxygen atoms in total. The number of carbonyl (C=O) groups is 1. The smallest absolute Gasteiger partial charge is 0.303 e. The maximum Gasteiger partial charge on any atom is 0.303 e.